The van der Waals surface area contributed by atoms with Gasteiger partial charge in [-0.05, 0) is 18.2 Å². The third-order valence-electron chi connectivity index (χ3n) is 3.90. The van der Waals surface area contributed by atoms with Crippen LogP contribution in [0.1, 0.15) is 10.5 Å². The maximum Gasteiger partial charge on any atom is 0.266 e. The van der Waals surface area contributed by atoms with E-state index in [4.69, 9.17) is 17.3 Å². The number of aromatic amines is 1. The minimum absolute atomic E-state index is 0.0775. The molecular formula is C13H16ClN3O5S2. The summed E-state index contributed by atoms with van der Waals surface area (Å²) in [5.74, 6) is -1.03. The van der Waals surface area contributed by atoms with Crippen molar-refractivity contribution < 1.29 is 22.3 Å². The van der Waals surface area contributed by atoms with Gasteiger partial charge in [-0.3, -0.25) is 13.9 Å². The molecule has 0 spiro atoms. The fourth-order valence-corrected chi connectivity index (χ4v) is 7.74. The quantitative estimate of drug-likeness (QED) is 0.532. The summed E-state index contributed by atoms with van der Waals surface area (Å²) >= 11 is 5.94. The van der Waals surface area contributed by atoms with Crippen LogP contribution >= 0.6 is 22.2 Å². The Morgan fingerprint density at radius 3 is 2.71 bits per heavy atom. The number of rotatable bonds is 3. The lowest BCUT2D eigenvalue weighted by Gasteiger charge is -2.42. The lowest BCUT2D eigenvalue weighted by molar-refractivity contribution is 0.0993. The number of hydrogen-bond acceptors (Lipinski definition) is 6. The number of fused-ring (bicyclic) bond motifs is 1. The molecule has 1 amide bonds. The zero-order chi connectivity index (χ0) is 17.7. The minimum Gasteiger partial charge on any atom is -0.364 e. The predicted octanol–water partition coefficient (Wildman–Crippen LogP) is 1.37. The van der Waals surface area contributed by atoms with Crippen LogP contribution in [-0.2, 0) is 9.84 Å². The van der Waals surface area contributed by atoms with Crippen molar-refractivity contribution in [3.05, 3.63) is 28.9 Å². The molecule has 0 bridgehead atoms. The molecule has 1 aromatic carbocycles. The second-order valence-corrected chi connectivity index (χ2v) is 10.7. The molecule has 11 heteroatoms. The van der Waals surface area contributed by atoms with Crippen LogP contribution in [0.25, 0.3) is 10.9 Å². The van der Waals surface area contributed by atoms with Crippen molar-refractivity contribution in [1.29, 1.82) is 0 Å². The van der Waals surface area contributed by atoms with Crippen molar-refractivity contribution in [2.75, 3.05) is 18.8 Å². The molecule has 0 aliphatic carbocycles. The molecule has 0 saturated carbocycles. The molecule has 8 nitrogen and oxygen atoms in total. The molecule has 2 aromatic rings. The normalized spacial score (nSPS) is 22.4. The Balaban J connectivity index is 2.29. The van der Waals surface area contributed by atoms with Crippen molar-refractivity contribution in [2.45, 2.75) is 9.48 Å². The van der Waals surface area contributed by atoms with E-state index >= 15 is 0 Å². The first-order valence-electron chi connectivity index (χ1n) is 6.95. The van der Waals surface area contributed by atoms with Crippen LogP contribution in [0.4, 0.5) is 0 Å². The van der Waals surface area contributed by atoms with Gasteiger partial charge >= 0.3 is 0 Å². The van der Waals surface area contributed by atoms with Gasteiger partial charge < -0.3 is 16.0 Å². The Hall–Kier alpha value is -1.30. The number of primary amides is 1. The molecule has 0 radical (unpaired) electrons. The molecule has 2 heterocycles. The fraction of sp³-hybridized carbons (Fsp3) is 0.308. The molecule has 24 heavy (non-hydrogen) atoms. The average molecular weight is 394 g/mol. The highest BCUT2D eigenvalue weighted by Crippen LogP contribution is 2.50. The van der Waals surface area contributed by atoms with Crippen molar-refractivity contribution in [2.24, 2.45) is 5.73 Å². The standard InChI is InChI=1S/C13H16ClN3O5S2/c14-7-1-2-9-8(5-7)12(11(17-9)13(15)18)24(21,22)10-6-16-3-4-23(10,19)20/h1-2,5,10,16-17,19-20H,3-4,6H2,(H2,15,18). The number of halogens is 1. The Morgan fingerprint density at radius 1 is 1.38 bits per heavy atom. The van der Waals surface area contributed by atoms with E-state index in [0.717, 1.165) is 0 Å². The number of benzene rings is 1. The van der Waals surface area contributed by atoms with Crippen molar-refractivity contribution in [3.8, 4) is 0 Å². The average Bonchev–Trinajstić information content (AvgIpc) is 2.85. The van der Waals surface area contributed by atoms with Gasteiger partial charge in [0.25, 0.3) is 5.91 Å². The van der Waals surface area contributed by atoms with Gasteiger partial charge in [-0.2, -0.15) is 10.6 Å². The lowest BCUT2D eigenvalue weighted by Crippen LogP contribution is -2.45. The van der Waals surface area contributed by atoms with Gasteiger partial charge in [0.2, 0.25) is 9.84 Å². The van der Waals surface area contributed by atoms with Gasteiger partial charge in [0, 0.05) is 29.0 Å². The summed E-state index contributed by atoms with van der Waals surface area (Å²) in [4.78, 5) is 14.1. The van der Waals surface area contributed by atoms with Crippen LogP contribution in [0.15, 0.2) is 23.1 Å². The van der Waals surface area contributed by atoms with Crippen LogP contribution in [0.3, 0.4) is 0 Å². The summed E-state index contributed by atoms with van der Waals surface area (Å²) in [6.45, 7) is 0.173. The second kappa shape index (κ2) is 5.90. The molecule has 1 fully saturated rings. The highest BCUT2D eigenvalue weighted by molar-refractivity contribution is 8.31. The van der Waals surface area contributed by atoms with Crippen LogP contribution < -0.4 is 11.1 Å². The van der Waals surface area contributed by atoms with E-state index in [1.807, 2.05) is 0 Å². The molecule has 1 saturated heterocycles. The van der Waals surface area contributed by atoms with E-state index in [1.54, 1.807) is 0 Å². The Kier molecular flexibility index (Phi) is 4.31. The number of hydrogen-bond donors (Lipinski definition) is 5. The number of H-pyrrole nitrogens is 1. The van der Waals surface area contributed by atoms with E-state index in [-0.39, 0.29) is 33.3 Å². The lowest BCUT2D eigenvalue weighted by atomic mass is 10.2. The van der Waals surface area contributed by atoms with Crippen molar-refractivity contribution in [1.82, 2.24) is 10.3 Å². The van der Waals surface area contributed by atoms with E-state index in [2.05, 4.69) is 10.3 Å². The number of nitrogens with one attached hydrogen (secondary N) is 2. The Labute approximate surface area is 144 Å². The molecule has 1 atom stereocenters. The molecule has 3 rings (SSSR count). The molecule has 6 N–H and O–H groups in total. The van der Waals surface area contributed by atoms with Crippen LogP contribution in [0, 0.1) is 0 Å². The molecule has 132 valence electrons. The van der Waals surface area contributed by atoms with Gasteiger partial charge in [0.1, 0.15) is 10.6 Å². The van der Waals surface area contributed by atoms with E-state index in [9.17, 15) is 22.3 Å². The summed E-state index contributed by atoms with van der Waals surface area (Å²) in [5.41, 5.74) is 5.38. The van der Waals surface area contributed by atoms with Crippen LogP contribution in [0.2, 0.25) is 5.02 Å². The summed E-state index contributed by atoms with van der Waals surface area (Å²) in [6.07, 6.45) is 0. The summed E-state index contributed by atoms with van der Waals surface area (Å²) in [5, 5.41) is 3.31. The third kappa shape index (κ3) is 2.79. The Bertz CT molecular complexity index is 925. The van der Waals surface area contributed by atoms with Crippen molar-refractivity contribution in [3.63, 3.8) is 0 Å². The molecule has 1 aliphatic rings. The smallest absolute Gasteiger partial charge is 0.266 e. The molecule has 1 aromatic heterocycles. The van der Waals surface area contributed by atoms with Gasteiger partial charge in [-0.1, -0.05) is 11.6 Å². The van der Waals surface area contributed by atoms with E-state index in [1.165, 1.54) is 18.2 Å². The summed E-state index contributed by atoms with van der Waals surface area (Å²) in [7, 11) is -7.64. The maximum atomic E-state index is 13.1. The highest BCUT2D eigenvalue weighted by atomic mass is 35.5. The number of nitrogens with two attached hydrogens (primary N) is 1. The number of carbonyl (C=O) groups excluding carboxylic acids is 1. The number of sulfone groups is 1. The highest BCUT2D eigenvalue weighted by Gasteiger charge is 2.43. The SMILES string of the molecule is NC(=O)c1[nH]c2ccc(Cl)cc2c1S(=O)(=O)C1CNCCS1(O)O. The zero-order valence-corrected chi connectivity index (χ0v) is 14.7. The zero-order valence-electron chi connectivity index (χ0n) is 12.3. The monoisotopic (exact) mass is 393 g/mol. The number of aromatic nitrogens is 1. The minimum atomic E-state index is -4.26. The second-order valence-electron chi connectivity index (χ2n) is 5.48. The van der Waals surface area contributed by atoms with E-state index < -0.39 is 30.9 Å². The molecular weight excluding hydrogens is 378 g/mol. The van der Waals surface area contributed by atoms with Gasteiger partial charge in [0.05, 0.1) is 5.75 Å². The fourth-order valence-electron chi connectivity index (χ4n) is 2.76. The molecule has 1 aliphatic heterocycles. The van der Waals surface area contributed by atoms with Crippen LogP contribution in [0.5, 0.6) is 0 Å². The summed E-state index contributed by atoms with van der Waals surface area (Å²) < 4.78 is 45.1. The first-order valence-corrected chi connectivity index (χ1v) is 10.7. The molecule has 1 unspecified atom stereocenters. The maximum absolute atomic E-state index is 13.1. The Morgan fingerprint density at radius 2 is 2.08 bits per heavy atom. The van der Waals surface area contributed by atoms with Gasteiger partial charge in [0.15, 0.2) is 4.58 Å². The van der Waals surface area contributed by atoms with E-state index in [0.29, 0.717) is 12.1 Å². The first-order chi connectivity index (χ1) is 11.1. The van der Waals surface area contributed by atoms with Crippen LogP contribution in [-0.4, -0.2) is 51.8 Å². The number of amides is 1. The summed E-state index contributed by atoms with van der Waals surface area (Å²) in [6, 6.07) is 4.46. The predicted molar refractivity (Wildman–Crippen MR) is 93.4 cm³/mol. The number of carbonyl (C=O) groups is 1. The van der Waals surface area contributed by atoms with Crippen molar-refractivity contribution >= 4 is 48.8 Å². The third-order valence-corrected chi connectivity index (χ3v) is 9.49. The van der Waals surface area contributed by atoms with Gasteiger partial charge in [-0.15, -0.1) is 0 Å². The largest absolute Gasteiger partial charge is 0.364 e. The van der Waals surface area contributed by atoms with Gasteiger partial charge in [-0.25, -0.2) is 8.42 Å². The topological polar surface area (TPSA) is 146 Å². The first kappa shape index (κ1) is 17.5.